The largest absolute Gasteiger partial charge is 0.399 e. The van der Waals surface area contributed by atoms with E-state index in [0.29, 0.717) is 5.75 Å². The molecular weight excluding hydrogens is 238 g/mol. The lowest BCUT2D eigenvalue weighted by Crippen LogP contribution is -2.00. The molecule has 16 heavy (non-hydrogen) atoms. The number of anilines is 1. The first-order valence-electron chi connectivity index (χ1n) is 4.95. The maximum Gasteiger partial charge on any atom is 0.0884 e. The highest BCUT2D eigenvalue weighted by molar-refractivity contribution is 8.01. The fraction of sp³-hybridized carbons (Fsp3) is 0.167. The van der Waals surface area contributed by atoms with E-state index in [0.717, 1.165) is 11.3 Å². The Morgan fingerprint density at radius 3 is 2.62 bits per heavy atom. The first-order valence-corrected chi connectivity index (χ1v) is 6.82. The van der Waals surface area contributed by atoms with Crippen molar-refractivity contribution in [3.05, 3.63) is 47.3 Å². The van der Waals surface area contributed by atoms with Crippen molar-refractivity contribution in [1.29, 1.82) is 0 Å². The summed E-state index contributed by atoms with van der Waals surface area (Å²) in [5, 5.41) is 12.0. The molecule has 0 fully saturated rings. The molecule has 2 aromatic rings. The van der Waals surface area contributed by atoms with Crippen molar-refractivity contribution in [2.45, 2.75) is 10.3 Å². The van der Waals surface area contributed by atoms with Crippen LogP contribution in [0.1, 0.15) is 11.7 Å². The van der Waals surface area contributed by atoms with Gasteiger partial charge in [0.15, 0.2) is 0 Å². The second-order valence-electron chi connectivity index (χ2n) is 3.43. The van der Waals surface area contributed by atoms with Crippen LogP contribution >= 0.6 is 23.1 Å². The first-order chi connectivity index (χ1) is 7.75. The molecule has 0 aliphatic rings. The third kappa shape index (κ3) is 3.01. The number of nitrogens with two attached hydrogens (primary N) is 1. The van der Waals surface area contributed by atoms with Gasteiger partial charge in [-0.05, 0) is 29.1 Å². The maximum atomic E-state index is 9.95. The van der Waals surface area contributed by atoms with Crippen molar-refractivity contribution in [2.75, 3.05) is 11.5 Å². The van der Waals surface area contributed by atoms with E-state index in [9.17, 15) is 5.11 Å². The van der Waals surface area contributed by atoms with E-state index >= 15 is 0 Å². The summed E-state index contributed by atoms with van der Waals surface area (Å²) in [5.41, 5.74) is 7.23. The van der Waals surface area contributed by atoms with Crippen LogP contribution in [-0.2, 0) is 0 Å². The van der Waals surface area contributed by atoms with Crippen LogP contribution in [0.4, 0.5) is 5.69 Å². The Balaban J connectivity index is 1.93. The van der Waals surface area contributed by atoms with Gasteiger partial charge in [0.1, 0.15) is 0 Å². The Morgan fingerprint density at radius 2 is 2.00 bits per heavy atom. The summed E-state index contributed by atoms with van der Waals surface area (Å²) in [4.78, 5) is 0. The summed E-state index contributed by atoms with van der Waals surface area (Å²) in [7, 11) is 0. The Labute approximate surface area is 103 Å². The minimum atomic E-state index is -0.437. The highest BCUT2D eigenvalue weighted by Crippen LogP contribution is 2.28. The number of benzene rings is 1. The van der Waals surface area contributed by atoms with E-state index in [4.69, 9.17) is 5.73 Å². The van der Waals surface area contributed by atoms with E-state index < -0.39 is 6.10 Å². The van der Waals surface area contributed by atoms with Crippen molar-refractivity contribution in [3.63, 3.8) is 0 Å². The van der Waals surface area contributed by atoms with Crippen LogP contribution in [0.2, 0.25) is 0 Å². The standard InChI is InChI=1S/C12H13NOS2/c13-10-5-3-9(4-6-10)11(14)8-16-12-2-1-7-15-12/h1-7,11,14H,8,13H2. The van der Waals surface area contributed by atoms with Gasteiger partial charge in [-0.3, -0.25) is 0 Å². The minimum Gasteiger partial charge on any atom is -0.399 e. The zero-order valence-corrected chi connectivity index (χ0v) is 10.3. The van der Waals surface area contributed by atoms with Crippen molar-refractivity contribution in [1.82, 2.24) is 0 Å². The highest BCUT2D eigenvalue weighted by Gasteiger charge is 2.08. The van der Waals surface area contributed by atoms with E-state index in [1.165, 1.54) is 4.21 Å². The second-order valence-corrected chi connectivity index (χ2v) is 5.69. The van der Waals surface area contributed by atoms with Crippen LogP contribution in [0.15, 0.2) is 46.0 Å². The van der Waals surface area contributed by atoms with Gasteiger partial charge in [0, 0.05) is 11.4 Å². The number of aliphatic hydroxyl groups excluding tert-OH is 1. The lowest BCUT2D eigenvalue weighted by molar-refractivity contribution is 0.204. The molecule has 1 heterocycles. The van der Waals surface area contributed by atoms with Gasteiger partial charge in [0.2, 0.25) is 0 Å². The molecule has 0 bridgehead atoms. The summed E-state index contributed by atoms with van der Waals surface area (Å²) in [5.74, 6) is 0.671. The molecular formula is C12H13NOS2. The molecule has 1 atom stereocenters. The van der Waals surface area contributed by atoms with Crippen LogP contribution < -0.4 is 5.73 Å². The molecule has 0 aliphatic heterocycles. The average molecular weight is 251 g/mol. The Kier molecular flexibility index (Phi) is 3.88. The average Bonchev–Trinajstić information content (AvgIpc) is 2.80. The predicted molar refractivity (Wildman–Crippen MR) is 70.9 cm³/mol. The zero-order valence-electron chi connectivity index (χ0n) is 8.67. The van der Waals surface area contributed by atoms with Crippen molar-refractivity contribution < 1.29 is 5.11 Å². The summed E-state index contributed by atoms with van der Waals surface area (Å²) < 4.78 is 1.23. The minimum absolute atomic E-state index is 0.437. The smallest absolute Gasteiger partial charge is 0.0884 e. The number of hydrogen-bond acceptors (Lipinski definition) is 4. The van der Waals surface area contributed by atoms with Gasteiger partial charge in [0.25, 0.3) is 0 Å². The van der Waals surface area contributed by atoms with Crippen molar-refractivity contribution >= 4 is 28.8 Å². The van der Waals surface area contributed by atoms with Gasteiger partial charge in [-0.1, -0.05) is 18.2 Å². The lowest BCUT2D eigenvalue weighted by atomic mass is 10.1. The summed E-state index contributed by atoms with van der Waals surface area (Å²) >= 11 is 3.37. The summed E-state index contributed by atoms with van der Waals surface area (Å²) in [6.07, 6.45) is -0.437. The molecule has 3 N–H and O–H groups in total. The molecule has 0 saturated heterocycles. The van der Waals surface area contributed by atoms with E-state index in [1.54, 1.807) is 23.1 Å². The number of rotatable bonds is 4. The molecule has 84 valence electrons. The van der Waals surface area contributed by atoms with Gasteiger partial charge < -0.3 is 10.8 Å². The number of aliphatic hydroxyl groups is 1. The van der Waals surface area contributed by atoms with Gasteiger partial charge >= 0.3 is 0 Å². The van der Waals surface area contributed by atoms with E-state index in [2.05, 4.69) is 6.07 Å². The maximum absolute atomic E-state index is 9.95. The molecule has 0 aliphatic carbocycles. The molecule has 0 spiro atoms. The molecule has 1 unspecified atom stereocenters. The third-order valence-corrected chi connectivity index (χ3v) is 4.41. The van der Waals surface area contributed by atoms with Gasteiger partial charge in [0.05, 0.1) is 10.3 Å². The molecule has 1 aromatic heterocycles. The molecule has 2 rings (SSSR count). The molecule has 0 saturated carbocycles. The lowest BCUT2D eigenvalue weighted by Gasteiger charge is -2.09. The predicted octanol–water partition coefficient (Wildman–Crippen LogP) is 3.16. The van der Waals surface area contributed by atoms with E-state index in [1.807, 2.05) is 35.7 Å². The Hall–Kier alpha value is -0.970. The quantitative estimate of drug-likeness (QED) is 0.648. The van der Waals surface area contributed by atoms with Crippen molar-refractivity contribution in [3.8, 4) is 0 Å². The van der Waals surface area contributed by atoms with Crippen LogP contribution in [0.5, 0.6) is 0 Å². The number of nitrogen functional groups attached to an aromatic ring is 1. The van der Waals surface area contributed by atoms with Gasteiger partial charge in [-0.15, -0.1) is 23.1 Å². The third-order valence-electron chi connectivity index (χ3n) is 2.20. The monoisotopic (exact) mass is 251 g/mol. The zero-order chi connectivity index (χ0) is 11.4. The summed E-state index contributed by atoms with van der Waals surface area (Å²) in [6.45, 7) is 0. The van der Waals surface area contributed by atoms with E-state index in [-0.39, 0.29) is 0 Å². The molecule has 2 nitrogen and oxygen atoms in total. The highest BCUT2D eigenvalue weighted by atomic mass is 32.2. The topological polar surface area (TPSA) is 46.2 Å². The second kappa shape index (κ2) is 5.39. The fourth-order valence-electron chi connectivity index (χ4n) is 1.32. The fourth-order valence-corrected chi connectivity index (χ4v) is 3.10. The van der Waals surface area contributed by atoms with Crippen LogP contribution in [0.25, 0.3) is 0 Å². The Morgan fingerprint density at radius 1 is 1.25 bits per heavy atom. The van der Waals surface area contributed by atoms with Crippen molar-refractivity contribution in [2.24, 2.45) is 0 Å². The summed E-state index contributed by atoms with van der Waals surface area (Å²) in [6, 6.07) is 11.4. The van der Waals surface area contributed by atoms with Crippen LogP contribution in [-0.4, -0.2) is 10.9 Å². The number of hydrogen-bond donors (Lipinski definition) is 2. The molecule has 1 aromatic carbocycles. The number of thioether (sulfide) groups is 1. The molecule has 0 amide bonds. The van der Waals surface area contributed by atoms with Gasteiger partial charge in [-0.2, -0.15) is 0 Å². The SMILES string of the molecule is Nc1ccc(C(O)CSc2cccs2)cc1. The Bertz CT molecular complexity index is 425. The normalized spacial score (nSPS) is 12.6. The number of thiophene rings is 1. The van der Waals surface area contributed by atoms with Crippen LogP contribution in [0.3, 0.4) is 0 Å². The van der Waals surface area contributed by atoms with Crippen LogP contribution in [0, 0.1) is 0 Å². The first kappa shape index (κ1) is 11.5. The van der Waals surface area contributed by atoms with Gasteiger partial charge in [-0.25, -0.2) is 0 Å². The molecule has 0 radical (unpaired) electrons. The molecule has 4 heteroatoms.